The normalized spacial score (nSPS) is 10.5. The zero-order chi connectivity index (χ0) is 21.6. The quantitative estimate of drug-likeness (QED) is 0.474. The summed E-state index contributed by atoms with van der Waals surface area (Å²) in [6.45, 7) is 0.462. The van der Waals surface area contributed by atoms with Gasteiger partial charge in [0.25, 0.3) is 0 Å². The second kappa shape index (κ2) is 9.13. The first kappa shape index (κ1) is 20.2. The van der Waals surface area contributed by atoms with Crippen molar-refractivity contribution in [3.8, 4) is 11.6 Å². The number of ether oxygens (including phenoxy) is 1. The number of fused-ring (bicyclic) bond motifs is 1. The molecule has 31 heavy (non-hydrogen) atoms. The van der Waals surface area contributed by atoms with Gasteiger partial charge in [0, 0.05) is 32.0 Å². The maximum Gasteiger partial charge on any atom is 0.319 e. The Labute approximate surface area is 180 Å². The van der Waals surface area contributed by atoms with Crippen molar-refractivity contribution in [1.82, 2.24) is 15.3 Å². The van der Waals surface area contributed by atoms with Gasteiger partial charge in [-0.25, -0.2) is 14.8 Å². The highest BCUT2D eigenvalue weighted by atomic mass is 16.5. The second-order valence-corrected chi connectivity index (χ2v) is 7.19. The van der Waals surface area contributed by atoms with Gasteiger partial charge in [-0.1, -0.05) is 30.3 Å². The van der Waals surface area contributed by atoms with Crippen LogP contribution in [-0.4, -0.2) is 30.1 Å². The van der Waals surface area contributed by atoms with Crippen molar-refractivity contribution in [1.29, 1.82) is 0 Å². The number of carbonyl (C=O) groups excluding carboxylic acids is 1. The van der Waals surface area contributed by atoms with Gasteiger partial charge >= 0.3 is 6.03 Å². The molecule has 0 unspecified atom stereocenters. The summed E-state index contributed by atoms with van der Waals surface area (Å²) in [6.07, 6.45) is 1.49. The summed E-state index contributed by atoms with van der Waals surface area (Å²) in [6, 6.07) is 22.6. The molecular weight excluding hydrogens is 390 g/mol. The van der Waals surface area contributed by atoms with E-state index in [0.29, 0.717) is 23.9 Å². The minimum atomic E-state index is -0.268. The molecule has 7 heteroatoms. The first-order valence-corrected chi connectivity index (χ1v) is 9.87. The molecule has 0 saturated heterocycles. The number of anilines is 2. The minimum absolute atomic E-state index is 0.268. The van der Waals surface area contributed by atoms with Crippen LogP contribution >= 0.6 is 0 Å². The summed E-state index contributed by atoms with van der Waals surface area (Å²) in [4.78, 5) is 22.7. The highest BCUT2D eigenvalue weighted by molar-refractivity contribution is 5.89. The van der Waals surface area contributed by atoms with Crippen molar-refractivity contribution >= 4 is 28.3 Å². The average molecular weight is 413 g/mol. The molecule has 3 aromatic carbocycles. The van der Waals surface area contributed by atoms with Gasteiger partial charge in [-0.2, -0.15) is 0 Å². The third-order valence-electron chi connectivity index (χ3n) is 4.72. The van der Waals surface area contributed by atoms with Crippen molar-refractivity contribution in [2.24, 2.45) is 0 Å². The number of hydrogen-bond acceptors (Lipinski definition) is 5. The summed E-state index contributed by atoms with van der Waals surface area (Å²) in [5.41, 5.74) is 3.57. The lowest BCUT2D eigenvalue weighted by Crippen LogP contribution is -2.28. The largest absolute Gasteiger partial charge is 0.438 e. The highest BCUT2D eigenvalue weighted by Gasteiger charge is 2.08. The smallest absolute Gasteiger partial charge is 0.319 e. The Morgan fingerprint density at radius 2 is 1.74 bits per heavy atom. The van der Waals surface area contributed by atoms with Gasteiger partial charge in [0.2, 0.25) is 5.88 Å². The zero-order valence-electron chi connectivity index (χ0n) is 17.4. The van der Waals surface area contributed by atoms with Crippen LogP contribution in [0.3, 0.4) is 0 Å². The molecule has 0 aliphatic rings. The molecule has 0 aliphatic heterocycles. The van der Waals surface area contributed by atoms with E-state index in [1.165, 1.54) is 6.33 Å². The number of amides is 2. The van der Waals surface area contributed by atoms with Crippen LogP contribution in [0.15, 0.2) is 79.1 Å². The molecule has 0 fully saturated rings. The molecule has 0 aliphatic carbocycles. The predicted molar refractivity (Wildman–Crippen MR) is 123 cm³/mol. The van der Waals surface area contributed by atoms with Gasteiger partial charge in [-0.05, 0) is 48.0 Å². The number of carbonyl (C=O) groups is 1. The Kier molecular flexibility index (Phi) is 5.93. The molecule has 2 N–H and O–H groups in total. The molecular formula is C24H23N5O2. The average Bonchev–Trinajstić information content (AvgIpc) is 2.79. The van der Waals surface area contributed by atoms with E-state index in [1.54, 1.807) is 24.3 Å². The fourth-order valence-electron chi connectivity index (χ4n) is 3.05. The highest BCUT2D eigenvalue weighted by Crippen LogP contribution is 2.29. The molecule has 0 atom stereocenters. The van der Waals surface area contributed by atoms with Crippen molar-refractivity contribution < 1.29 is 9.53 Å². The topological polar surface area (TPSA) is 79.4 Å². The van der Waals surface area contributed by atoms with Gasteiger partial charge in [-0.3, -0.25) is 0 Å². The lowest BCUT2D eigenvalue weighted by molar-refractivity contribution is 0.251. The third-order valence-corrected chi connectivity index (χ3v) is 4.72. The van der Waals surface area contributed by atoms with E-state index in [1.807, 2.05) is 67.5 Å². The fraction of sp³-hybridized carbons (Fsp3) is 0.125. The summed E-state index contributed by atoms with van der Waals surface area (Å²) in [7, 11) is 3.97. The number of urea groups is 1. The Hall–Kier alpha value is -4.13. The summed E-state index contributed by atoms with van der Waals surface area (Å²) in [5, 5.41) is 6.48. The number of hydrogen-bond donors (Lipinski definition) is 2. The van der Waals surface area contributed by atoms with Crippen LogP contribution in [0.2, 0.25) is 0 Å². The molecule has 0 bridgehead atoms. The maximum absolute atomic E-state index is 12.1. The van der Waals surface area contributed by atoms with Crippen LogP contribution in [0.4, 0.5) is 16.2 Å². The molecule has 0 saturated carbocycles. The molecule has 1 heterocycles. The maximum atomic E-state index is 12.1. The Balaban J connectivity index is 1.40. The standard InChI is InChI=1S/C24H23N5O2/c1-29(2)19-10-13-21-22(14-19)26-16-27-23(21)31-20-11-8-18(9-12-20)28-24(30)25-15-17-6-4-3-5-7-17/h3-14,16H,15H2,1-2H3,(H2,25,28,30). The fourth-order valence-corrected chi connectivity index (χ4v) is 3.05. The molecule has 2 amide bonds. The number of nitrogens with zero attached hydrogens (tertiary/aromatic N) is 3. The van der Waals surface area contributed by atoms with Crippen LogP contribution in [0.25, 0.3) is 10.9 Å². The number of rotatable bonds is 6. The summed E-state index contributed by atoms with van der Waals surface area (Å²) >= 11 is 0. The van der Waals surface area contributed by atoms with E-state index in [2.05, 4.69) is 20.6 Å². The van der Waals surface area contributed by atoms with E-state index >= 15 is 0 Å². The van der Waals surface area contributed by atoms with E-state index < -0.39 is 0 Å². The van der Waals surface area contributed by atoms with E-state index in [0.717, 1.165) is 22.2 Å². The Morgan fingerprint density at radius 3 is 2.48 bits per heavy atom. The van der Waals surface area contributed by atoms with Gasteiger partial charge < -0.3 is 20.3 Å². The SMILES string of the molecule is CN(C)c1ccc2c(Oc3ccc(NC(=O)NCc4ccccc4)cc3)ncnc2c1. The monoisotopic (exact) mass is 413 g/mol. The first-order chi connectivity index (χ1) is 15.1. The molecule has 4 rings (SSSR count). The van der Waals surface area contributed by atoms with Crippen LogP contribution in [0.5, 0.6) is 11.6 Å². The Morgan fingerprint density at radius 1 is 0.968 bits per heavy atom. The molecule has 1 aromatic heterocycles. The van der Waals surface area contributed by atoms with E-state index in [-0.39, 0.29) is 6.03 Å². The van der Waals surface area contributed by atoms with Gasteiger partial charge in [0.1, 0.15) is 12.1 Å². The van der Waals surface area contributed by atoms with Crippen LogP contribution in [0, 0.1) is 0 Å². The number of benzene rings is 3. The lowest BCUT2D eigenvalue weighted by atomic mass is 10.2. The predicted octanol–water partition coefficient (Wildman–Crippen LogP) is 4.81. The molecule has 156 valence electrons. The van der Waals surface area contributed by atoms with Crippen LogP contribution < -0.4 is 20.3 Å². The molecule has 0 radical (unpaired) electrons. The van der Waals surface area contributed by atoms with Crippen molar-refractivity contribution in [2.45, 2.75) is 6.54 Å². The van der Waals surface area contributed by atoms with Gasteiger partial charge in [0.15, 0.2) is 0 Å². The van der Waals surface area contributed by atoms with E-state index in [9.17, 15) is 4.79 Å². The number of nitrogens with one attached hydrogen (secondary N) is 2. The molecule has 4 aromatic rings. The second-order valence-electron chi connectivity index (χ2n) is 7.19. The zero-order valence-corrected chi connectivity index (χ0v) is 17.4. The summed E-state index contributed by atoms with van der Waals surface area (Å²) in [5.74, 6) is 1.10. The third kappa shape index (κ3) is 5.08. The van der Waals surface area contributed by atoms with Crippen LogP contribution in [0.1, 0.15) is 5.56 Å². The lowest BCUT2D eigenvalue weighted by Gasteiger charge is -2.13. The number of aromatic nitrogens is 2. The van der Waals surface area contributed by atoms with Crippen molar-refractivity contribution in [3.05, 3.63) is 84.7 Å². The molecule has 7 nitrogen and oxygen atoms in total. The Bertz CT molecular complexity index is 1180. The summed E-state index contributed by atoms with van der Waals surface area (Å²) < 4.78 is 5.96. The minimum Gasteiger partial charge on any atom is -0.438 e. The van der Waals surface area contributed by atoms with Crippen molar-refractivity contribution in [3.63, 3.8) is 0 Å². The van der Waals surface area contributed by atoms with Crippen molar-refractivity contribution in [2.75, 3.05) is 24.3 Å². The first-order valence-electron chi connectivity index (χ1n) is 9.87. The van der Waals surface area contributed by atoms with E-state index in [4.69, 9.17) is 4.74 Å². The van der Waals surface area contributed by atoms with Gasteiger partial charge in [0.05, 0.1) is 10.9 Å². The van der Waals surface area contributed by atoms with Crippen LogP contribution in [-0.2, 0) is 6.54 Å². The molecule has 0 spiro atoms. The van der Waals surface area contributed by atoms with Gasteiger partial charge in [-0.15, -0.1) is 0 Å².